The van der Waals surface area contributed by atoms with Gasteiger partial charge in [-0.25, -0.2) is 22.2 Å². The number of halogens is 2. The first kappa shape index (κ1) is 30.6. The van der Waals surface area contributed by atoms with Gasteiger partial charge < -0.3 is 19.3 Å². The van der Waals surface area contributed by atoms with E-state index in [2.05, 4.69) is 14.7 Å². The van der Waals surface area contributed by atoms with Crippen LogP contribution in [-0.2, 0) is 36.1 Å². The van der Waals surface area contributed by atoms with E-state index in [9.17, 15) is 26.2 Å². The maximum atomic E-state index is 13.7. The lowest BCUT2D eigenvalue weighted by molar-refractivity contribution is -0.139. The highest BCUT2D eigenvalue weighted by molar-refractivity contribution is 7.91. The number of para-hydroxylation sites is 2. The molecule has 0 bridgehead atoms. The summed E-state index contributed by atoms with van der Waals surface area (Å²) < 4.78 is 76.7. The molecule has 1 atom stereocenters. The fourth-order valence-corrected chi connectivity index (χ4v) is 6.45. The van der Waals surface area contributed by atoms with Crippen molar-refractivity contribution in [1.82, 2.24) is 13.9 Å². The molecule has 0 amide bonds. The number of fused-ring (bicyclic) bond motifs is 1. The third-order valence-corrected chi connectivity index (χ3v) is 8.29. The zero-order valence-corrected chi connectivity index (χ0v) is 23.1. The average molecular weight is 598 g/mol. The number of carboxylic acid groups (broad SMARTS) is 1. The number of alkyl halides is 2. The highest BCUT2D eigenvalue weighted by Crippen LogP contribution is 2.29. The summed E-state index contributed by atoms with van der Waals surface area (Å²) in [4.78, 5) is 19.2. The Bertz CT molecular complexity index is 1610. The zero-order valence-electron chi connectivity index (χ0n) is 21.5. The predicted molar refractivity (Wildman–Crippen MR) is 141 cm³/mol. The minimum absolute atomic E-state index is 0.104. The monoisotopic (exact) mass is 597 g/mol. The SMILES string of the molecule is COC(F)F.COc1c(C)ccnc1CS(=O)c1nc2ccccc2n1S(=O)(=O)c1ccc(OCC(=O)O)cc1. The summed E-state index contributed by atoms with van der Waals surface area (Å²) in [6.45, 7) is -1.34. The van der Waals surface area contributed by atoms with Crippen LogP contribution in [0.5, 0.6) is 11.5 Å². The van der Waals surface area contributed by atoms with Gasteiger partial charge in [0.15, 0.2) is 6.61 Å². The number of aliphatic carboxylic acids is 1. The molecule has 2 aromatic heterocycles. The number of aryl methyl sites for hydroxylation is 1. The summed E-state index contributed by atoms with van der Waals surface area (Å²) in [5, 5.41) is 8.60. The number of pyridine rings is 1. The summed E-state index contributed by atoms with van der Waals surface area (Å²) in [5.74, 6) is -0.587. The van der Waals surface area contributed by atoms with Gasteiger partial charge in [0.05, 0.1) is 45.3 Å². The molecule has 0 saturated heterocycles. The standard InChI is InChI=1S/C23H21N3O7S2.C2H4F2O/c1-15-11-12-24-19(22(15)32-2)14-34(29)23-25-18-5-3-4-6-20(18)26(23)35(30,31)17-9-7-16(8-10-17)33-13-21(27)28;1-5-2(3)4/h3-12H,13-14H2,1-2H3,(H,27,28);2H,1H3. The van der Waals surface area contributed by atoms with Gasteiger partial charge in [-0.05, 0) is 55.0 Å². The summed E-state index contributed by atoms with van der Waals surface area (Å²) in [6.07, 6.45) is 1.57. The van der Waals surface area contributed by atoms with Gasteiger partial charge in [0.2, 0.25) is 5.16 Å². The number of rotatable bonds is 10. The minimum Gasteiger partial charge on any atom is -0.495 e. The van der Waals surface area contributed by atoms with Crippen LogP contribution in [0.4, 0.5) is 8.78 Å². The van der Waals surface area contributed by atoms with E-state index in [4.69, 9.17) is 14.6 Å². The van der Waals surface area contributed by atoms with Gasteiger partial charge in [-0.2, -0.15) is 8.78 Å². The number of carbonyl (C=O) groups is 1. The fourth-order valence-electron chi connectivity index (χ4n) is 3.49. The van der Waals surface area contributed by atoms with Crippen LogP contribution in [0.1, 0.15) is 11.3 Å². The highest BCUT2D eigenvalue weighted by atomic mass is 32.2. The second-order valence-corrected chi connectivity index (χ2v) is 11.0. The van der Waals surface area contributed by atoms with E-state index in [0.29, 0.717) is 17.0 Å². The van der Waals surface area contributed by atoms with E-state index >= 15 is 0 Å². The second kappa shape index (κ2) is 13.4. The molecule has 40 heavy (non-hydrogen) atoms. The predicted octanol–water partition coefficient (Wildman–Crippen LogP) is 3.61. The smallest absolute Gasteiger partial charge is 0.345 e. The molecule has 1 unspecified atom stereocenters. The third kappa shape index (κ3) is 7.16. The molecule has 0 aliphatic rings. The first-order valence-corrected chi connectivity index (χ1v) is 14.1. The largest absolute Gasteiger partial charge is 0.495 e. The zero-order chi connectivity index (χ0) is 29.4. The molecular weight excluding hydrogens is 572 g/mol. The van der Waals surface area contributed by atoms with Crippen molar-refractivity contribution in [3.63, 3.8) is 0 Å². The van der Waals surface area contributed by atoms with Crippen molar-refractivity contribution in [1.29, 1.82) is 0 Å². The van der Waals surface area contributed by atoms with E-state index in [1.807, 2.05) is 6.92 Å². The molecule has 0 saturated carbocycles. The van der Waals surface area contributed by atoms with E-state index < -0.39 is 40.0 Å². The lowest BCUT2D eigenvalue weighted by Gasteiger charge is -2.12. The molecule has 1 N–H and O–H groups in total. The lowest BCUT2D eigenvalue weighted by atomic mass is 10.2. The molecule has 4 aromatic rings. The summed E-state index contributed by atoms with van der Waals surface area (Å²) in [6, 6.07) is 13.6. The van der Waals surface area contributed by atoms with E-state index in [1.54, 1.807) is 36.5 Å². The van der Waals surface area contributed by atoms with Crippen molar-refractivity contribution in [3.05, 3.63) is 72.1 Å². The second-order valence-electron chi connectivity index (χ2n) is 7.90. The third-order valence-electron chi connectivity index (χ3n) is 5.24. The Kier molecular flexibility index (Phi) is 10.3. The van der Waals surface area contributed by atoms with Crippen LogP contribution in [-0.4, -0.2) is 65.1 Å². The van der Waals surface area contributed by atoms with Gasteiger partial charge in [0.25, 0.3) is 10.0 Å². The topological polar surface area (TPSA) is 147 Å². The first-order chi connectivity index (χ1) is 19.0. The molecule has 11 nitrogen and oxygen atoms in total. The molecule has 0 radical (unpaired) electrons. The Morgan fingerprint density at radius 2 is 1.75 bits per heavy atom. The van der Waals surface area contributed by atoms with Crippen molar-refractivity contribution in [2.24, 2.45) is 0 Å². The van der Waals surface area contributed by atoms with Crippen LogP contribution in [0.25, 0.3) is 11.0 Å². The first-order valence-electron chi connectivity index (χ1n) is 11.3. The molecule has 0 aliphatic carbocycles. The Labute approximate surface area is 230 Å². The molecule has 0 fully saturated rings. The number of hydrogen-bond acceptors (Lipinski definition) is 9. The van der Waals surface area contributed by atoms with Crippen molar-refractivity contribution < 1.29 is 45.5 Å². The number of hydrogen-bond donors (Lipinski definition) is 1. The number of imidazole rings is 1. The van der Waals surface area contributed by atoms with Crippen LogP contribution in [0.2, 0.25) is 0 Å². The molecule has 0 aliphatic heterocycles. The molecule has 214 valence electrons. The van der Waals surface area contributed by atoms with Gasteiger partial charge in [-0.15, -0.1) is 0 Å². The van der Waals surface area contributed by atoms with E-state index in [-0.39, 0.29) is 27.1 Å². The molecule has 2 heterocycles. The number of ether oxygens (including phenoxy) is 3. The highest BCUT2D eigenvalue weighted by Gasteiger charge is 2.28. The number of aromatic nitrogens is 3. The maximum Gasteiger partial charge on any atom is 0.345 e. The lowest BCUT2D eigenvalue weighted by Crippen LogP contribution is -2.18. The van der Waals surface area contributed by atoms with Gasteiger partial charge >= 0.3 is 12.6 Å². The van der Waals surface area contributed by atoms with E-state index in [0.717, 1.165) is 16.6 Å². The Balaban J connectivity index is 0.000000810. The van der Waals surface area contributed by atoms with Crippen molar-refractivity contribution >= 4 is 37.8 Å². The number of benzene rings is 2. The van der Waals surface area contributed by atoms with Crippen LogP contribution in [0, 0.1) is 6.92 Å². The molecule has 2 aromatic carbocycles. The van der Waals surface area contributed by atoms with Crippen molar-refractivity contribution in [2.45, 2.75) is 29.3 Å². The number of carboxylic acids is 1. The van der Waals surface area contributed by atoms with Crippen LogP contribution >= 0.6 is 0 Å². The van der Waals surface area contributed by atoms with E-state index in [1.165, 1.54) is 31.4 Å². The minimum atomic E-state index is -4.22. The summed E-state index contributed by atoms with van der Waals surface area (Å²) >= 11 is 0. The van der Waals surface area contributed by atoms with Crippen molar-refractivity contribution in [2.75, 3.05) is 20.8 Å². The number of nitrogens with zero attached hydrogens (tertiary/aromatic N) is 3. The van der Waals surface area contributed by atoms with Gasteiger partial charge in [-0.1, -0.05) is 12.1 Å². The average Bonchev–Trinajstić information content (AvgIpc) is 3.33. The number of methoxy groups -OCH3 is 2. The maximum absolute atomic E-state index is 13.7. The Morgan fingerprint density at radius 1 is 1.10 bits per heavy atom. The van der Waals surface area contributed by atoms with Crippen LogP contribution in [0.15, 0.2) is 70.8 Å². The Morgan fingerprint density at radius 3 is 2.35 bits per heavy atom. The molecule has 15 heteroatoms. The van der Waals surface area contributed by atoms with Crippen LogP contribution < -0.4 is 9.47 Å². The van der Waals surface area contributed by atoms with Gasteiger partial charge in [-0.3, -0.25) is 9.19 Å². The summed E-state index contributed by atoms with van der Waals surface area (Å²) in [7, 11) is -3.68. The van der Waals surface area contributed by atoms with Gasteiger partial charge in [0.1, 0.15) is 11.5 Å². The van der Waals surface area contributed by atoms with Crippen LogP contribution in [0.3, 0.4) is 0 Å². The van der Waals surface area contributed by atoms with Crippen molar-refractivity contribution in [3.8, 4) is 11.5 Å². The normalized spacial score (nSPS) is 12.1. The van der Waals surface area contributed by atoms with Gasteiger partial charge in [0, 0.05) is 13.3 Å². The molecule has 4 rings (SSSR count). The summed E-state index contributed by atoms with van der Waals surface area (Å²) in [5.41, 5.74) is 1.86. The molecule has 0 spiro atoms. The molecular formula is C25H25F2N3O8S2. The fraction of sp³-hybridized carbons (Fsp3) is 0.240. The quantitative estimate of drug-likeness (QED) is 0.288. The Hall–Kier alpha value is -3.95.